The first-order valence-corrected chi connectivity index (χ1v) is 7.63. The molecule has 1 aliphatic heterocycles. The van der Waals surface area contributed by atoms with Gasteiger partial charge in [-0.2, -0.15) is 0 Å². The molecule has 0 aromatic heterocycles. The maximum atomic E-state index is 12.3. The van der Waals surface area contributed by atoms with Crippen LogP contribution in [0.25, 0.3) is 0 Å². The zero-order chi connectivity index (χ0) is 13.7. The third kappa shape index (κ3) is 4.13. The van der Waals surface area contributed by atoms with Crippen molar-refractivity contribution in [3.63, 3.8) is 0 Å². The molecule has 0 amide bonds. The summed E-state index contributed by atoms with van der Waals surface area (Å²) < 4.78 is 0.941. The molecule has 0 bridgehead atoms. The molecule has 0 saturated carbocycles. The molecule has 1 saturated heterocycles. The predicted molar refractivity (Wildman–Crippen MR) is 79.4 cm³/mol. The van der Waals surface area contributed by atoms with E-state index in [2.05, 4.69) is 20.8 Å². The van der Waals surface area contributed by atoms with Crippen LogP contribution in [-0.4, -0.2) is 41.5 Å². The number of ketones is 1. The number of hydrogen-bond acceptors (Lipinski definition) is 3. The van der Waals surface area contributed by atoms with E-state index >= 15 is 0 Å². The minimum atomic E-state index is 0.178. The van der Waals surface area contributed by atoms with Crippen molar-refractivity contribution >= 4 is 21.7 Å². The van der Waals surface area contributed by atoms with Gasteiger partial charge in [0.15, 0.2) is 5.78 Å². The first-order valence-electron chi connectivity index (χ1n) is 6.84. The molecule has 1 aromatic rings. The van der Waals surface area contributed by atoms with Gasteiger partial charge in [-0.25, -0.2) is 0 Å². The van der Waals surface area contributed by atoms with Gasteiger partial charge in [0.1, 0.15) is 0 Å². The number of rotatable bonds is 6. The molecular weight excluding hydrogens is 306 g/mol. The Morgan fingerprint density at radius 1 is 1.47 bits per heavy atom. The highest BCUT2D eigenvalue weighted by atomic mass is 79.9. The van der Waals surface area contributed by atoms with Crippen molar-refractivity contribution < 1.29 is 9.90 Å². The molecule has 1 aromatic carbocycles. The van der Waals surface area contributed by atoms with E-state index < -0.39 is 0 Å². The van der Waals surface area contributed by atoms with Crippen molar-refractivity contribution in [2.75, 3.05) is 19.7 Å². The minimum Gasteiger partial charge on any atom is -0.396 e. The monoisotopic (exact) mass is 325 g/mol. The van der Waals surface area contributed by atoms with Crippen LogP contribution in [0.2, 0.25) is 0 Å². The fourth-order valence-corrected chi connectivity index (χ4v) is 3.09. The lowest BCUT2D eigenvalue weighted by Gasteiger charge is -2.23. The summed E-state index contributed by atoms with van der Waals surface area (Å²) in [5, 5.41) is 8.91. The molecule has 0 aliphatic carbocycles. The predicted octanol–water partition coefficient (Wildman–Crippen LogP) is 2.87. The molecule has 1 fully saturated rings. The number of hydrogen-bond donors (Lipinski definition) is 1. The first kappa shape index (κ1) is 14.7. The Hall–Kier alpha value is -0.710. The highest BCUT2D eigenvalue weighted by molar-refractivity contribution is 9.10. The van der Waals surface area contributed by atoms with Gasteiger partial charge in [-0.1, -0.05) is 28.1 Å². The molecule has 1 aliphatic rings. The van der Waals surface area contributed by atoms with Gasteiger partial charge in [-0.15, -0.1) is 0 Å². The lowest BCUT2D eigenvalue weighted by molar-refractivity contribution is 0.0915. The molecule has 0 radical (unpaired) electrons. The van der Waals surface area contributed by atoms with Gasteiger partial charge in [0.2, 0.25) is 0 Å². The lowest BCUT2D eigenvalue weighted by atomic mass is 10.1. The second kappa shape index (κ2) is 7.17. The number of carbonyl (C=O) groups is 1. The minimum absolute atomic E-state index is 0.178. The highest BCUT2D eigenvalue weighted by Crippen LogP contribution is 2.22. The zero-order valence-electron chi connectivity index (χ0n) is 11.0. The van der Waals surface area contributed by atoms with Crippen LogP contribution in [0.1, 0.15) is 36.0 Å². The maximum Gasteiger partial charge on any atom is 0.176 e. The zero-order valence-corrected chi connectivity index (χ0v) is 12.6. The number of carbonyl (C=O) groups excluding carboxylic acids is 1. The standard InChI is InChI=1S/C15H20BrNO2/c16-13-5-1-4-12(10-13)15(19)11-17-8-2-6-14(17)7-3-9-18/h1,4-5,10,14,18H,2-3,6-9,11H2. The number of aliphatic hydroxyl groups is 1. The number of nitrogens with zero attached hydrogens (tertiary/aromatic N) is 1. The van der Waals surface area contributed by atoms with Gasteiger partial charge in [-0.3, -0.25) is 9.69 Å². The molecular formula is C15H20BrNO2. The quantitative estimate of drug-likeness (QED) is 0.817. The van der Waals surface area contributed by atoms with Crippen LogP contribution in [-0.2, 0) is 0 Å². The summed E-state index contributed by atoms with van der Waals surface area (Å²) in [6.07, 6.45) is 4.11. The summed E-state index contributed by atoms with van der Waals surface area (Å²) in [7, 11) is 0. The molecule has 3 nitrogen and oxygen atoms in total. The van der Waals surface area contributed by atoms with E-state index in [0.29, 0.717) is 12.6 Å². The summed E-state index contributed by atoms with van der Waals surface area (Å²) in [5.41, 5.74) is 0.766. The smallest absolute Gasteiger partial charge is 0.176 e. The summed E-state index contributed by atoms with van der Waals surface area (Å²) in [6.45, 7) is 1.73. The molecule has 0 spiro atoms. The van der Waals surface area contributed by atoms with Crippen molar-refractivity contribution in [2.24, 2.45) is 0 Å². The Morgan fingerprint density at radius 2 is 2.32 bits per heavy atom. The number of Topliss-reactive ketones (excluding diaryl/α,β-unsaturated/α-hetero) is 1. The molecule has 2 rings (SSSR count). The van der Waals surface area contributed by atoms with Gasteiger partial charge in [-0.05, 0) is 44.4 Å². The Kier molecular flexibility index (Phi) is 5.55. The molecule has 1 unspecified atom stereocenters. The Balaban J connectivity index is 1.94. The Morgan fingerprint density at radius 3 is 3.05 bits per heavy atom. The largest absolute Gasteiger partial charge is 0.396 e. The van der Waals surface area contributed by atoms with Crippen LogP contribution in [0.4, 0.5) is 0 Å². The summed E-state index contributed by atoms with van der Waals surface area (Å²) in [6, 6.07) is 8.03. The second-order valence-electron chi connectivity index (χ2n) is 5.07. The van der Waals surface area contributed by atoms with E-state index in [0.717, 1.165) is 42.3 Å². The summed E-state index contributed by atoms with van der Waals surface area (Å²) >= 11 is 3.40. The maximum absolute atomic E-state index is 12.3. The molecule has 104 valence electrons. The molecule has 4 heteroatoms. The van der Waals surface area contributed by atoms with Crippen LogP contribution in [0.5, 0.6) is 0 Å². The van der Waals surface area contributed by atoms with Crippen molar-refractivity contribution in [3.05, 3.63) is 34.3 Å². The highest BCUT2D eigenvalue weighted by Gasteiger charge is 2.25. The first-order chi connectivity index (χ1) is 9.20. The molecule has 1 N–H and O–H groups in total. The van der Waals surface area contributed by atoms with Gasteiger partial charge in [0.25, 0.3) is 0 Å². The van der Waals surface area contributed by atoms with Crippen molar-refractivity contribution in [1.29, 1.82) is 0 Å². The van der Waals surface area contributed by atoms with E-state index in [1.165, 1.54) is 0 Å². The summed E-state index contributed by atoms with van der Waals surface area (Å²) in [5.74, 6) is 0.178. The van der Waals surface area contributed by atoms with Crippen LogP contribution >= 0.6 is 15.9 Å². The van der Waals surface area contributed by atoms with Crippen LogP contribution in [0, 0.1) is 0 Å². The lowest BCUT2D eigenvalue weighted by Crippen LogP contribution is -2.34. The van der Waals surface area contributed by atoms with Gasteiger partial charge in [0, 0.05) is 22.7 Å². The van der Waals surface area contributed by atoms with E-state index in [4.69, 9.17) is 5.11 Å². The Bertz CT molecular complexity index is 436. The SMILES string of the molecule is O=C(CN1CCCC1CCCO)c1cccc(Br)c1. The van der Waals surface area contributed by atoms with Crippen molar-refractivity contribution in [2.45, 2.75) is 31.7 Å². The molecule has 1 atom stereocenters. The number of likely N-dealkylation sites (tertiary alicyclic amines) is 1. The van der Waals surface area contributed by atoms with Gasteiger partial charge in [0.05, 0.1) is 6.54 Å². The van der Waals surface area contributed by atoms with Crippen molar-refractivity contribution in [3.8, 4) is 0 Å². The van der Waals surface area contributed by atoms with E-state index in [9.17, 15) is 4.79 Å². The van der Waals surface area contributed by atoms with Crippen LogP contribution < -0.4 is 0 Å². The average molecular weight is 326 g/mol. The fourth-order valence-electron chi connectivity index (χ4n) is 2.69. The number of benzene rings is 1. The number of aliphatic hydroxyl groups excluding tert-OH is 1. The van der Waals surface area contributed by atoms with Crippen molar-refractivity contribution in [1.82, 2.24) is 4.90 Å². The van der Waals surface area contributed by atoms with Gasteiger partial charge < -0.3 is 5.11 Å². The fraction of sp³-hybridized carbons (Fsp3) is 0.533. The molecule has 1 heterocycles. The Labute approximate surface area is 122 Å². The number of halogens is 1. The third-order valence-corrected chi connectivity index (χ3v) is 4.18. The van der Waals surface area contributed by atoms with Crippen LogP contribution in [0.15, 0.2) is 28.7 Å². The normalized spacial score (nSPS) is 19.8. The molecule has 19 heavy (non-hydrogen) atoms. The van der Waals surface area contributed by atoms with E-state index in [1.807, 2.05) is 24.3 Å². The van der Waals surface area contributed by atoms with E-state index in [-0.39, 0.29) is 12.4 Å². The topological polar surface area (TPSA) is 40.5 Å². The van der Waals surface area contributed by atoms with Gasteiger partial charge >= 0.3 is 0 Å². The second-order valence-corrected chi connectivity index (χ2v) is 5.98. The van der Waals surface area contributed by atoms with E-state index in [1.54, 1.807) is 0 Å². The third-order valence-electron chi connectivity index (χ3n) is 3.69. The average Bonchev–Trinajstić information content (AvgIpc) is 2.83. The summed E-state index contributed by atoms with van der Waals surface area (Å²) in [4.78, 5) is 14.5. The van der Waals surface area contributed by atoms with Crippen LogP contribution in [0.3, 0.4) is 0 Å².